The smallest absolute Gasteiger partial charge is 0.155 e. The molecule has 1 heterocycles. The highest BCUT2D eigenvalue weighted by Gasteiger charge is 2.68. The van der Waals surface area contributed by atoms with Crippen LogP contribution in [0.2, 0.25) is 0 Å². The topological polar surface area (TPSA) is 64.3 Å². The minimum atomic E-state index is -0.891. The van der Waals surface area contributed by atoms with Crippen molar-refractivity contribution in [3.05, 3.63) is 35.4 Å². The van der Waals surface area contributed by atoms with Crippen molar-refractivity contribution < 1.29 is 9.90 Å². The van der Waals surface area contributed by atoms with Gasteiger partial charge in [0.05, 0.1) is 18.1 Å². The fourth-order valence-electron chi connectivity index (χ4n) is 8.70. The van der Waals surface area contributed by atoms with Crippen molar-refractivity contribution >= 4 is 23.2 Å². The van der Waals surface area contributed by atoms with Crippen LogP contribution in [0.15, 0.2) is 34.7 Å². The monoisotopic (exact) mass is 462 g/mol. The zero-order valence-electron chi connectivity index (χ0n) is 19.9. The van der Waals surface area contributed by atoms with Crippen LogP contribution in [0.1, 0.15) is 69.8 Å². The number of thioether (sulfide) groups is 1. The van der Waals surface area contributed by atoms with Crippen LogP contribution < -0.4 is 4.90 Å². The van der Waals surface area contributed by atoms with E-state index in [1.807, 2.05) is 17.8 Å². The van der Waals surface area contributed by atoms with Gasteiger partial charge in [0, 0.05) is 41.3 Å². The van der Waals surface area contributed by atoms with Crippen LogP contribution in [0.4, 0.5) is 5.69 Å². The van der Waals surface area contributed by atoms with E-state index in [1.54, 1.807) is 0 Å². The number of carbonyl (C=O) groups is 1. The maximum Gasteiger partial charge on any atom is 0.155 e. The summed E-state index contributed by atoms with van der Waals surface area (Å²) in [5.74, 6) is 2.17. The maximum absolute atomic E-state index is 12.5. The van der Waals surface area contributed by atoms with Crippen molar-refractivity contribution in [1.29, 1.82) is 5.26 Å². The molecule has 3 saturated carbocycles. The summed E-state index contributed by atoms with van der Waals surface area (Å²) in [4.78, 5) is 16.0. The van der Waals surface area contributed by atoms with Crippen molar-refractivity contribution in [1.82, 2.24) is 0 Å². The van der Waals surface area contributed by atoms with Gasteiger partial charge in [-0.3, -0.25) is 4.79 Å². The molecule has 1 aliphatic heterocycles. The second kappa shape index (κ2) is 7.12. The molecule has 5 aliphatic rings. The molecule has 1 spiro atoms. The zero-order valence-corrected chi connectivity index (χ0v) is 20.8. The number of carbonyl (C=O) groups excluding carboxylic acids is 1. The number of hydrogen-bond donors (Lipinski definition) is 1. The third-order valence-electron chi connectivity index (χ3n) is 10.3. The lowest BCUT2D eigenvalue weighted by atomic mass is 9.46. The summed E-state index contributed by atoms with van der Waals surface area (Å²) in [5.41, 5.74) is 2.89. The number of rotatable bonds is 2. The van der Waals surface area contributed by atoms with Gasteiger partial charge in [-0.05, 0) is 91.5 Å². The fourth-order valence-corrected chi connectivity index (χ4v) is 10.6. The fraction of sp³-hybridized carbons (Fsp3) is 0.643. The number of hydrogen-bond acceptors (Lipinski definition) is 5. The zero-order chi connectivity index (χ0) is 23.2. The Hall–Kier alpha value is -1.77. The Bertz CT molecular complexity index is 1110. The normalized spacial score (nSPS) is 42.9. The second-order valence-electron chi connectivity index (χ2n) is 11.7. The first-order valence-corrected chi connectivity index (χ1v) is 13.4. The molecule has 174 valence electrons. The lowest BCUT2D eigenvalue weighted by Gasteiger charge is -2.64. The molecule has 1 N–H and O–H groups in total. The largest absolute Gasteiger partial charge is 0.388 e. The van der Waals surface area contributed by atoms with Gasteiger partial charge in [-0.2, -0.15) is 5.26 Å². The molecule has 0 bridgehead atoms. The van der Waals surface area contributed by atoms with Crippen molar-refractivity contribution in [3.8, 4) is 6.07 Å². The van der Waals surface area contributed by atoms with E-state index in [1.165, 1.54) is 21.7 Å². The first-order chi connectivity index (χ1) is 15.7. The first-order valence-electron chi connectivity index (χ1n) is 12.6. The van der Waals surface area contributed by atoms with Gasteiger partial charge in [-0.15, -0.1) is 11.8 Å². The Kier molecular flexibility index (Phi) is 4.69. The molecule has 0 aromatic heterocycles. The van der Waals surface area contributed by atoms with Crippen molar-refractivity contribution in [2.45, 2.75) is 79.5 Å². The van der Waals surface area contributed by atoms with Gasteiger partial charge in [0.1, 0.15) is 0 Å². The summed E-state index contributed by atoms with van der Waals surface area (Å²) in [7, 11) is 4.18. The summed E-state index contributed by atoms with van der Waals surface area (Å²) >= 11 is 2.04. The van der Waals surface area contributed by atoms with E-state index in [-0.39, 0.29) is 16.6 Å². The van der Waals surface area contributed by atoms with Gasteiger partial charge in [-0.1, -0.05) is 13.0 Å². The third-order valence-corrected chi connectivity index (χ3v) is 12.0. The number of anilines is 1. The molecule has 0 amide bonds. The van der Waals surface area contributed by atoms with Gasteiger partial charge in [-0.25, -0.2) is 0 Å². The van der Waals surface area contributed by atoms with Crippen LogP contribution in [-0.4, -0.2) is 35.3 Å². The summed E-state index contributed by atoms with van der Waals surface area (Å²) in [6, 6.07) is 9.23. The highest BCUT2D eigenvalue weighted by molar-refractivity contribution is 8.01. The molecule has 6 rings (SSSR count). The van der Waals surface area contributed by atoms with E-state index < -0.39 is 5.60 Å². The lowest BCUT2D eigenvalue weighted by Crippen LogP contribution is -2.60. The van der Waals surface area contributed by atoms with E-state index in [0.29, 0.717) is 35.9 Å². The summed E-state index contributed by atoms with van der Waals surface area (Å²) in [5, 5.41) is 21.3. The van der Waals surface area contributed by atoms with Crippen LogP contribution >= 0.6 is 11.8 Å². The summed E-state index contributed by atoms with van der Waals surface area (Å²) in [6.07, 6.45) is 8.63. The first kappa shape index (κ1) is 21.7. The van der Waals surface area contributed by atoms with E-state index in [0.717, 1.165) is 38.5 Å². The number of benzene rings is 1. The molecule has 3 fully saturated rings. The number of ketones is 1. The third kappa shape index (κ3) is 2.77. The highest BCUT2D eigenvalue weighted by Crippen LogP contribution is 2.74. The molecule has 4 aliphatic carbocycles. The van der Waals surface area contributed by atoms with Crippen molar-refractivity contribution in [2.24, 2.45) is 23.2 Å². The van der Waals surface area contributed by atoms with Crippen LogP contribution in [0.3, 0.4) is 0 Å². The average Bonchev–Trinajstić information content (AvgIpc) is 3.04. The molecule has 7 atom stereocenters. The molecule has 5 heteroatoms. The Balaban J connectivity index is 1.55. The molecule has 33 heavy (non-hydrogen) atoms. The molecule has 1 aromatic carbocycles. The Morgan fingerprint density at radius 1 is 1.24 bits per heavy atom. The quantitative estimate of drug-likeness (QED) is 0.632. The highest BCUT2D eigenvalue weighted by atomic mass is 32.2. The number of aliphatic hydroxyl groups is 1. The standard InChI is InChI=1S/C28H34N2O2S/c1-26-16-22-20-7-5-18(30(2)3)15-24(20)33-28-11-8-19(31)14-17(28)4-6-21(25(22)28)23(26)9-10-27(26,32)12-13-29/h5,7,14-15,21-23,25,32H,4,6,8-12,16H2,1-3H3/t21-,22+,23-,25?,26-,27+,28+/m0/s1. The Morgan fingerprint density at radius 3 is 2.82 bits per heavy atom. The summed E-state index contributed by atoms with van der Waals surface area (Å²) < 4.78 is 0.0106. The van der Waals surface area contributed by atoms with Gasteiger partial charge in [0.15, 0.2) is 5.78 Å². The number of nitriles is 1. The predicted molar refractivity (Wildman–Crippen MR) is 131 cm³/mol. The minimum Gasteiger partial charge on any atom is -0.388 e. The van der Waals surface area contributed by atoms with E-state index >= 15 is 0 Å². The van der Waals surface area contributed by atoms with Gasteiger partial charge in [0.2, 0.25) is 0 Å². The molecule has 1 unspecified atom stereocenters. The van der Waals surface area contributed by atoms with Crippen molar-refractivity contribution in [2.75, 3.05) is 19.0 Å². The van der Waals surface area contributed by atoms with Crippen molar-refractivity contribution in [3.63, 3.8) is 0 Å². The van der Waals surface area contributed by atoms with E-state index in [9.17, 15) is 15.2 Å². The van der Waals surface area contributed by atoms with E-state index in [2.05, 4.69) is 50.2 Å². The van der Waals surface area contributed by atoms with E-state index in [4.69, 9.17) is 0 Å². The number of nitrogens with zero attached hydrogens (tertiary/aromatic N) is 2. The van der Waals surface area contributed by atoms with Crippen LogP contribution in [0.5, 0.6) is 0 Å². The molecule has 0 saturated heterocycles. The Labute approximate surface area is 201 Å². The molecule has 4 nitrogen and oxygen atoms in total. The summed E-state index contributed by atoms with van der Waals surface area (Å²) in [6.45, 7) is 2.29. The number of fused-ring (bicyclic) bond motifs is 4. The van der Waals surface area contributed by atoms with Crippen LogP contribution in [0, 0.1) is 34.5 Å². The van der Waals surface area contributed by atoms with Crippen LogP contribution in [-0.2, 0) is 4.79 Å². The van der Waals surface area contributed by atoms with Gasteiger partial charge < -0.3 is 10.0 Å². The Morgan fingerprint density at radius 2 is 2.06 bits per heavy atom. The van der Waals surface area contributed by atoms with Gasteiger partial charge in [0.25, 0.3) is 0 Å². The lowest BCUT2D eigenvalue weighted by molar-refractivity contribution is -0.123. The minimum absolute atomic E-state index is 0.0106. The SMILES string of the molecule is CN(C)c1ccc2c(c1)S[C@]13CCC(=O)C=C1CC[C@@H]1C3[C@@H]2C[C@@]2(C)[C@H]1CC[C@@]2(O)CC#N. The van der Waals surface area contributed by atoms with Gasteiger partial charge >= 0.3 is 0 Å². The molecular weight excluding hydrogens is 428 g/mol. The molecular formula is C28H34N2O2S. The predicted octanol–water partition coefficient (Wildman–Crippen LogP) is 5.46. The second-order valence-corrected chi connectivity index (χ2v) is 13.1. The maximum atomic E-state index is 12.5. The molecule has 0 radical (unpaired) electrons. The van der Waals surface area contributed by atoms with Crippen LogP contribution in [0.25, 0.3) is 0 Å². The average molecular weight is 463 g/mol. The molecule has 1 aromatic rings.